The molecule has 0 atom stereocenters. The van der Waals surface area contributed by atoms with Gasteiger partial charge in [0.25, 0.3) is 5.91 Å². The van der Waals surface area contributed by atoms with Crippen LogP contribution in [0, 0.1) is 5.92 Å². The number of H-pyrrole nitrogens is 1. The number of aromatic amines is 1. The van der Waals surface area contributed by atoms with Crippen LogP contribution in [0.25, 0.3) is 10.9 Å². The molecule has 0 saturated carbocycles. The molecular weight excluding hydrogens is 330 g/mol. The third-order valence-corrected chi connectivity index (χ3v) is 4.89. The highest BCUT2D eigenvalue weighted by atomic mass is 16.5. The van der Waals surface area contributed by atoms with Gasteiger partial charge in [0.05, 0.1) is 7.11 Å². The van der Waals surface area contributed by atoms with Crippen molar-refractivity contribution < 1.29 is 14.3 Å². The molecule has 1 saturated heterocycles. The molecule has 6 nitrogen and oxygen atoms in total. The van der Waals surface area contributed by atoms with Crippen LogP contribution in [0.2, 0.25) is 0 Å². The molecule has 3 rings (SSSR count). The molecule has 0 unspecified atom stereocenters. The molecule has 1 fully saturated rings. The summed E-state index contributed by atoms with van der Waals surface area (Å²) in [6.45, 7) is 5.32. The number of benzene rings is 1. The highest BCUT2D eigenvalue weighted by Crippen LogP contribution is 2.25. The van der Waals surface area contributed by atoms with Crippen LogP contribution in [0.15, 0.2) is 24.3 Å². The topological polar surface area (TPSA) is 74.4 Å². The summed E-state index contributed by atoms with van der Waals surface area (Å²) in [6, 6.07) is 7.79. The molecular formula is C20H27N3O3. The number of fused-ring (bicyclic) bond motifs is 1. The van der Waals surface area contributed by atoms with Crippen molar-refractivity contribution in [1.82, 2.24) is 15.2 Å². The van der Waals surface area contributed by atoms with E-state index < -0.39 is 0 Å². The van der Waals surface area contributed by atoms with Gasteiger partial charge in [-0.3, -0.25) is 9.59 Å². The summed E-state index contributed by atoms with van der Waals surface area (Å²) in [5.74, 6) is 1.24. The third kappa shape index (κ3) is 4.18. The normalized spacial score (nSPS) is 15.5. The molecule has 1 aromatic heterocycles. The summed E-state index contributed by atoms with van der Waals surface area (Å²) in [5.41, 5.74) is 1.50. The lowest BCUT2D eigenvalue weighted by Gasteiger charge is -2.31. The Labute approximate surface area is 153 Å². The minimum Gasteiger partial charge on any atom is -0.497 e. The first-order valence-corrected chi connectivity index (χ1v) is 9.21. The Morgan fingerprint density at radius 1 is 1.27 bits per heavy atom. The van der Waals surface area contributed by atoms with E-state index in [-0.39, 0.29) is 17.9 Å². The summed E-state index contributed by atoms with van der Waals surface area (Å²) in [6.07, 6.45) is 2.28. The maximum Gasteiger partial charge on any atom is 0.270 e. The smallest absolute Gasteiger partial charge is 0.270 e. The molecule has 2 N–H and O–H groups in total. The van der Waals surface area contributed by atoms with Crippen molar-refractivity contribution in [1.29, 1.82) is 0 Å². The number of carbonyl (C=O) groups is 2. The first-order chi connectivity index (χ1) is 12.5. The maximum absolute atomic E-state index is 12.8. The van der Waals surface area contributed by atoms with Gasteiger partial charge >= 0.3 is 0 Å². The van der Waals surface area contributed by atoms with Crippen molar-refractivity contribution in [3.05, 3.63) is 30.0 Å². The van der Waals surface area contributed by atoms with Gasteiger partial charge in [0.1, 0.15) is 11.4 Å². The molecule has 140 valence electrons. The van der Waals surface area contributed by atoms with E-state index in [1.165, 1.54) is 0 Å². The molecule has 26 heavy (non-hydrogen) atoms. The van der Waals surface area contributed by atoms with E-state index >= 15 is 0 Å². The summed E-state index contributed by atoms with van der Waals surface area (Å²) < 4.78 is 5.23. The lowest BCUT2D eigenvalue weighted by molar-refractivity contribution is -0.122. The monoisotopic (exact) mass is 357 g/mol. The number of ether oxygens (including phenoxy) is 1. The average Bonchev–Trinajstić information content (AvgIpc) is 3.04. The highest BCUT2D eigenvalue weighted by Gasteiger charge is 2.26. The summed E-state index contributed by atoms with van der Waals surface area (Å²) in [4.78, 5) is 29.8. The van der Waals surface area contributed by atoms with Crippen molar-refractivity contribution >= 4 is 22.7 Å². The number of amides is 2. The number of methoxy groups -OCH3 is 1. The van der Waals surface area contributed by atoms with Crippen LogP contribution in [-0.4, -0.2) is 47.9 Å². The van der Waals surface area contributed by atoms with Gasteiger partial charge in [-0.25, -0.2) is 0 Å². The molecule has 1 aliphatic heterocycles. The zero-order valence-electron chi connectivity index (χ0n) is 15.7. The standard InChI is InChI=1S/C20H27N3O3/c1-13(2)21-19(24)10-14-6-8-23(9-7-14)20(25)18-11-15-4-5-16(26-3)12-17(15)22-18/h4-5,11-14,22H,6-10H2,1-3H3,(H,21,24). The summed E-state index contributed by atoms with van der Waals surface area (Å²) in [5, 5.41) is 3.93. The van der Waals surface area contributed by atoms with Gasteiger partial charge in [-0.05, 0) is 50.8 Å². The Hall–Kier alpha value is -2.50. The number of hydrogen-bond acceptors (Lipinski definition) is 3. The Morgan fingerprint density at radius 3 is 2.65 bits per heavy atom. The summed E-state index contributed by atoms with van der Waals surface area (Å²) in [7, 11) is 1.63. The van der Waals surface area contributed by atoms with Gasteiger partial charge in [-0.15, -0.1) is 0 Å². The van der Waals surface area contributed by atoms with Crippen LogP contribution < -0.4 is 10.1 Å². The van der Waals surface area contributed by atoms with E-state index in [2.05, 4.69) is 10.3 Å². The second-order valence-corrected chi connectivity index (χ2v) is 7.30. The van der Waals surface area contributed by atoms with E-state index in [0.29, 0.717) is 31.1 Å². The molecule has 2 aromatic rings. The number of aromatic nitrogens is 1. The Bertz CT molecular complexity index is 789. The van der Waals surface area contributed by atoms with Gasteiger partial charge in [0, 0.05) is 42.5 Å². The number of nitrogens with one attached hydrogen (secondary N) is 2. The largest absolute Gasteiger partial charge is 0.497 e. The Kier molecular flexibility index (Phi) is 5.49. The fraction of sp³-hybridized carbons (Fsp3) is 0.500. The van der Waals surface area contributed by atoms with Crippen molar-refractivity contribution in [3.8, 4) is 5.75 Å². The Morgan fingerprint density at radius 2 is 2.00 bits per heavy atom. The number of piperidine rings is 1. The first-order valence-electron chi connectivity index (χ1n) is 9.21. The van der Waals surface area contributed by atoms with Crippen LogP contribution in [0.4, 0.5) is 0 Å². The van der Waals surface area contributed by atoms with Gasteiger partial charge < -0.3 is 19.9 Å². The number of likely N-dealkylation sites (tertiary alicyclic amines) is 1. The molecule has 1 aliphatic rings. The van der Waals surface area contributed by atoms with Gasteiger partial charge in [-0.2, -0.15) is 0 Å². The van der Waals surface area contributed by atoms with Crippen molar-refractivity contribution in [2.75, 3.05) is 20.2 Å². The second kappa shape index (κ2) is 7.81. The van der Waals surface area contributed by atoms with Crippen LogP contribution in [0.1, 0.15) is 43.6 Å². The van der Waals surface area contributed by atoms with Crippen molar-refractivity contribution in [2.24, 2.45) is 5.92 Å². The zero-order valence-corrected chi connectivity index (χ0v) is 15.7. The molecule has 0 bridgehead atoms. The van der Waals surface area contributed by atoms with E-state index in [0.717, 1.165) is 29.5 Å². The first kappa shape index (κ1) is 18.3. The second-order valence-electron chi connectivity index (χ2n) is 7.30. The Balaban J connectivity index is 1.59. The average molecular weight is 357 g/mol. The van der Waals surface area contributed by atoms with Crippen LogP contribution in [0.3, 0.4) is 0 Å². The zero-order chi connectivity index (χ0) is 18.7. The van der Waals surface area contributed by atoms with E-state index in [9.17, 15) is 9.59 Å². The van der Waals surface area contributed by atoms with Gasteiger partial charge in [-0.1, -0.05) is 0 Å². The van der Waals surface area contributed by atoms with Crippen LogP contribution in [-0.2, 0) is 4.79 Å². The third-order valence-electron chi connectivity index (χ3n) is 4.89. The number of nitrogens with zero attached hydrogens (tertiary/aromatic N) is 1. The molecule has 0 aliphatic carbocycles. The summed E-state index contributed by atoms with van der Waals surface area (Å²) >= 11 is 0. The van der Waals surface area contributed by atoms with Gasteiger partial charge in [0.2, 0.25) is 5.91 Å². The van der Waals surface area contributed by atoms with Gasteiger partial charge in [0.15, 0.2) is 0 Å². The quantitative estimate of drug-likeness (QED) is 0.864. The lowest BCUT2D eigenvalue weighted by atomic mass is 9.93. The predicted molar refractivity (Wildman–Crippen MR) is 101 cm³/mol. The fourth-order valence-electron chi connectivity index (χ4n) is 3.50. The van der Waals surface area contributed by atoms with E-state index in [4.69, 9.17) is 4.74 Å². The minimum atomic E-state index is 0.0187. The van der Waals surface area contributed by atoms with Crippen molar-refractivity contribution in [3.63, 3.8) is 0 Å². The minimum absolute atomic E-state index is 0.0187. The molecule has 0 radical (unpaired) electrons. The van der Waals surface area contributed by atoms with E-state index in [1.54, 1.807) is 7.11 Å². The number of carbonyl (C=O) groups excluding carboxylic acids is 2. The lowest BCUT2D eigenvalue weighted by Crippen LogP contribution is -2.40. The van der Waals surface area contributed by atoms with E-state index in [1.807, 2.05) is 43.0 Å². The fourth-order valence-corrected chi connectivity index (χ4v) is 3.50. The molecule has 6 heteroatoms. The van der Waals surface area contributed by atoms with Crippen LogP contribution in [0.5, 0.6) is 5.75 Å². The number of rotatable bonds is 5. The molecule has 2 heterocycles. The molecule has 2 amide bonds. The van der Waals surface area contributed by atoms with Crippen LogP contribution >= 0.6 is 0 Å². The SMILES string of the molecule is COc1ccc2cc(C(=O)N3CCC(CC(=O)NC(C)C)CC3)[nH]c2c1. The number of hydrogen-bond donors (Lipinski definition) is 2. The predicted octanol–water partition coefficient (Wildman–Crippen LogP) is 2.94. The molecule has 1 aromatic carbocycles. The maximum atomic E-state index is 12.8. The van der Waals surface area contributed by atoms with Crippen molar-refractivity contribution in [2.45, 2.75) is 39.2 Å². The highest BCUT2D eigenvalue weighted by molar-refractivity contribution is 5.98. The molecule has 0 spiro atoms.